The second-order valence-electron chi connectivity index (χ2n) is 32.9. The number of piperidine rings is 1. The van der Waals surface area contributed by atoms with Gasteiger partial charge >= 0.3 is 0 Å². The first-order valence-electron chi connectivity index (χ1n) is 46.3. The average Bonchev–Trinajstić information content (AvgIpc) is 0.987. The van der Waals surface area contributed by atoms with Crippen LogP contribution in [0.4, 0.5) is 0 Å². The molecule has 0 amide bonds. The Morgan fingerprint density at radius 2 is 0.631 bits per heavy atom. The van der Waals surface area contributed by atoms with Crippen LogP contribution in [-0.2, 0) is 65.7 Å². The second-order valence-corrected chi connectivity index (χ2v) is 32.9. The number of benzene rings is 5. The van der Waals surface area contributed by atoms with Gasteiger partial charge in [-0.1, -0.05) is 184 Å². The predicted molar refractivity (Wildman–Crippen MR) is 561 cm³/mol. The average molecular weight is 1770 g/mol. The molecule has 130 heavy (non-hydrogen) atoms. The molecule has 0 spiro atoms. The molecule has 15 rings (SSSR count). The first kappa shape index (κ1) is 119. The number of Topliss-reactive ketones (excluding diaryl/α,β-unsaturated/α-hetero) is 1. The molecule has 12 aromatic rings. The molecule has 710 valence electrons. The first-order chi connectivity index (χ1) is 61.9. The number of likely N-dealkylation sites (tertiary alicyclic amines) is 1. The predicted octanol–water partition coefficient (Wildman–Crippen LogP) is 22.9. The molecule has 0 radical (unpaired) electrons. The summed E-state index contributed by atoms with van der Waals surface area (Å²) >= 11 is 0. The summed E-state index contributed by atoms with van der Waals surface area (Å²) in [5.41, 5.74) is 30.6. The Morgan fingerprint density at radius 3 is 0.838 bits per heavy atom. The summed E-state index contributed by atoms with van der Waals surface area (Å²) in [4.78, 5) is 46.2. The topological polar surface area (TPSA) is 171 Å². The number of imidazole rings is 1. The van der Waals surface area contributed by atoms with E-state index >= 15 is 0 Å². The number of carbonyl (C=O) groups is 1. The van der Waals surface area contributed by atoms with E-state index in [9.17, 15) is 4.79 Å². The fraction of sp³-hybridized carbons (Fsp3) is 0.425. The lowest BCUT2D eigenvalue weighted by atomic mass is 9.99. The Bertz CT molecular complexity index is 4260. The summed E-state index contributed by atoms with van der Waals surface area (Å²) in [6.45, 7) is 55.5. The zero-order valence-electron chi connectivity index (χ0n) is 84.6. The van der Waals surface area contributed by atoms with E-state index in [1.807, 2.05) is 192 Å². The lowest BCUT2D eigenvalue weighted by Crippen LogP contribution is -2.42. The maximum absolute atomic E-state index is 10.9. The maximum atomic E-state index is 10.9. The number of nitrogens with zero attached hydrogens (tertiary/aromatic N) is 13. The Balaban J connectivity index is 0.00000137. The van der Waals surface area contributed by atoms with Gasteiger partial charge in [-0.25, -0.2) is 4.98 Å². The molecule has 10 heterocycles. The van der Waals surface area contributed by atoms with Crippen molar-refractivity contribution in [3.05, 3.63) is 381 Å². The third-order valence-corrected chi connectivity index (χ3v) is 22.1. The van der Waals surface area contributed by atoms with Crippen LogP contribution in [0.5, 0.6) is 0 Å². The zero-order valence-corrected chi connectivity index (χ0v) is 84.6. The highest BCUT2D eigenvalue weighted by Gasteiger charge is 2.15. The molecule has 0 aliphatic carbocycles. The number of pyridine rings is 5. The summed E-state index contributed by atoms with van der Waals surface area (Å²) in [5, 5.41) is 6.21. The number of nitrogens with one attached hydrogen (secondary N) is 2. The van der Waals surface area contributed by atoms with Gasteiger partial charge in [-0.05, 0) is 324 Å². The third-order valence-electron chi connectivity index (χ3n) is 22.1. The van der Waals surface area contributed by atoms with E-state index in [0.717, 1.165) is 87.6 Å². The Hall–Kier alpha value is -10.9. The fourth-order valence-electron chi connectivity index (χ4n) is 12.7. The van der Waals surface area contributed by atoms with Crippen molar-refractivity contribution in [3.63, 3.8) is 0 Å². The minimum absolute atomic E-state index is 0. The fourth-order valence-corrected chi connectivity index (χ4v) is 12.7. The molecule has 3 fully saturated rings. The number of nitrogens with two attached hydrogens (primary N) is 1. The number of piperazine rings is 2. The van der Waals surface area contributed by atoms with Gasteiger partial charge in [0.15, 0.2) is 5.78 Å². The van der Waals surface area contributed by atoms with Crippen LogP contribution >= 0.6 is 0 Å². The monoisotopic (exact) mass is 1770 g/mol. The van der Waals surface area contributed by atoms with E-state index in [1.54, 1.807) is 31.8 Å². The number of aryl methyl sites for hydroxylation is 18. The normalized spacial score (nSPS) is 12.3. The molecule has 17 heteroatoms. The molecule has 3 aliphatic rings. The molecule has 5 aromatic carbocycles. The van der Waals surface area contributed by atoms with Crippen LogP contribution in [0.2, 0.25) is 0 Å². The number of likely N-dealkylation sites (N-methyl/N-ethyl adjacent to an activating group) is 4. The molecule has 0 atom stereocenters. The molecule has 3 saturated heterocycles. The number of rotatable bonds is 12. The van der Waals surface area contributed by atoms with Crippen LogP contribution in [0.15, 0.2) is 275 Å². The number of hydrogen-bond acceptors (Lipinski definition) is 15. The smallest absolute Gasteiger partial charge is 0.160 e. The molecule has 3 aliphatic heterocycles. The Kier molecular flexibility index (Phi) is 68.6. The molecule has 0 unspecified atom stereocenters. The SMILES string of the molecule is C.C=C(N)N1CCC(C)CC1.CC(=O)c1ccccc1C.CCc1ccccc1C.CCc1ccccc1C.CCc1ccccc1C.CCc1cnccc1C.CCc1cnccc1C.CCc1cnccc1C.CN1CCN(C)CC1.CN1CCN(C)CC1.CNCc1ccccc1C.CNCc1cnccc1C.Cc1ccncc1.Cn1cccc1.Cn1ccnc1. The largest absolute Gasteiger partial charge is 0.386 e. The molecular formula is C113H172N16O. The molecule has 4 N–H and O–H groups in total. The van der Waals surface area contributed by atoms with E-state index in [2.05, 4.69) is 301 Å². The summed E-state index contributed by atoms with van der Waals surface area (Å²) in [5.74, 6) is 1.74. The van der Waals surface area contributed by atoms with E-state index in [4.69, 9.17) is 5.73 Å². The molecule has 0 bridgehead atoms. The molecule has 17 nitrogen and oxygen atoms in total. The van der Waals surface area contributed by atoms with Gasteiger partial charge in [0.2, 0.25) is 0 Å². The quantitative estimate of drug-likeness (QED) is 0.0987. The molecule has 0 saturated carbocycles. The van der Waals surface area contributed by atoms with Crippen molar-refractivity contribution in [2.45, 2.75) is 197 Å². The molecule has 7 aromatic heterocycles. The van der Waals surface area contributed by atoms with Crippen LogP contribution in [0.1, 0.15) is 186 Å². The van der Waals surface area contributed by atoms with Gasteiger partial charge < -0.3 is 50.0 Å². The van der Waals surface area contributed by atoms with Crippen LogP contribution in [-0.4, -0.2) is 177 Å². The van der Waals surface area contributed by atoms with Crippen molar-refractivity contribution in [2.75, 3.05) is 108 Å². The van der Waals surface area contributed by atoms with E-state index < -0.39 is 0 Å². The van der Waals surface area contributed by atoms with Gasteiger partial charge in [0.05, 0.1) is 12.1 Å². The maximum Gasteiger partial charge on any atom is 0.160 e. The van der Waals surface area contributed by atoms with Gasteiger partial charge in [0.1, 0.15) is 0 Å². The van der Waals surface area contributed by atoms with Crippen LogP contribution in [0, 0.1) is 75.2 Å². The number of ketones is 1. The summed E-state index contributed by atoms with van der Waals surface area (Å²) < 4.78 is 3.89. The highest BCUT2D eigenvalue weighted by Crippen LogP contribution is 2.18. The number of hydrogen-bond donors (Lipinski definition) is 3. The standard InChI is InChI=1S/C9H13N.C9H10O.3C9H12.C8H16N2.C8H12N2.3C8H11N.2C6H14N2.C6H7N.C5H7N.C4H6N2.CH4/c1-8-5-3-4-6-9(8)7-10-2;1-7-5-3-4-6-9(7)8(2)10;3*1-3-9-7-5-4-6-8(9)2;1-7-3-5-10(6-4-7)8(2)9;1-7-3-4-10-6-8(7)5-9-2;3*1-3-8-6-9-5-4-7(8)2;2*1-7-3-5-8(2)6-4-7;1-6-2-4-7-5-3-6;1-6-4-2-3-5-6;1-6-3-2-5-4-6;/h3-6,10H,7H2,1-2H3;3-6H,1-2H3;3*4-7H,3H2,1-2H3;7H,2-6,9H2,1H3;3-4,6,9H,5H2,1-2H3;3*4-6H,3H2,1-2H3;2*3-6H2,1-2H3;2-5H,1H3;2-5H,1H3;2-4H,1H3;1H4. The minimum atomic E-state index is 0. The lowest BCUT2D eigenvalue weighted by molar-refractivity contribution is 0.101. The van der Waals surface area contributed by atoms with Crippen molar-refractivity contribution in [1.82, 2.24) is 74.2 Å². The minimum Gasteiger partial charge on any atom is -0.386 e. The number of carbonyl (C=O) groups excluding carboxylic acids is 1. The third kappa shape index (κ3) is 57.2. The van der Waals surface area contributed by atoms with E-state index in [0.29, 0.717) is 0 Å². The Morgan fingerprint density at radius 1 is 0.346 bits per heavy atom. The Labute approximate surface area is 791 Å². The second kappa shape index (κ2) is 74.8. The lowest BCUT2D eigenvalue weighted by Gasteiger charge is -2.31. The van der Waals surface area contributed by atoms with Crippen molar-refractivity contribution in [2.24, 2.45) is 25.7 Å². The highest BCUT2D eigenvalue weighted by atomic mass is 16.1. The van der Waals surface area contributed by atoms with Crippen LogP contribution < -0.4 is 16.4 Å². The first-order valence-corrected chi connectivity index (χ1v) is 46.3. The summed E-state index contributed by atoms with van der Waals surface area (Å²) in [7, 11) is 16.5. The van der Waals surface area contributed by atoms with Crippen molar-refractivity contribution in [1.29, 1.82) is 0 Å². The van der Waals surface area contributed by atoms with E-state index in [1.165, 1.54) is 160 Å². The van der Waals surface area contributed by atoms with Gasteiger partial charge in [0, 0.05) is 185 Å². The summed E-state index contributed by atoms with van der Waals surface area (Å²) in [6.07, 6.45) is 37.1. The summed E-state index contributed by atoms with van der Waals surface area (Å²) in [6, 6.07) is 57.6. The van der Waals surface area contributed by atoms with Gasteiger partial charge in [-0.3, -0.25) is 29.7 Å². The van der Waals surface area contributed by atoms with Gasteiger partial charge in [-0.15, -0.1) is 0 Å². The van der Waals surface area contributed by atoms with E-state index in [-0.39, 0.29) is 13.2 Å². The number of aromatic nitrogens is 8. The molecular weight excluding hydrogens is 1600 g/mol. The van der Waals surface area contributed by atoms with Gasteiger partial charge in [0.25, 0.3) is 0 Å². The van der Waals surface area contributed by atoms with Crippen LogP contribution in [0.3, 0.4) is 0 Å². The van der Waals surface area contributed by atoms with Gasteiger partial charge in [-0.2, -0.15) is 0 Å². The van der Waals surface area contributed by atoms with Crippen molar-refractivity contribution in [3.8, 4) is 0 Å². The van der Waals surface area contributed by atoms with Crippen molar-refractivity contribution >= 4 is 5.78 Å². The zero-order chi connectivity index (χ0) is 95.9. The van der Waals surface area contributed by atoms with Crippen molar-refractivity contribution < 1.29 is 4.79 Å². The van der Waals surface area contributed by atoms with Crippen LogP contribution in [0.25, 0.3) is 0 Å². The highest BCUT2D eigenvalue weighted by molar-refractivity contribution is 5.95.